The van der Waals surface area contributed by atoms with Crippen molar-refractivity contribution < 1.29 is 9.59 Å². The number of rotatable bonds is 12. The lowest BCUT2D eigenvalue weighted by Crippen LogP contribution is -2.48. The third-order valence-electron chi connectivity index (χ3n) is 6.00. The normalized spacial score (nSPS) is 11.6. The number of unbranched alkanes of at least 4 members (excludes halogenated alkanes) is 1. The number of halogens is 2. The Morgan fingerprint density at radius 2 is 1.39 bits per heavy atom. The second-order valence-corrected chi connectivity index (χ2v) is 10.6. The first-order valence-corrected chi connectivity index (χ1v) is 13.8. The Bertz CT molecular complexity index is 1180. The average Bonchev–Trinajstić information content (AvgIpc) is 2.90. The molecule has 0 saturated heterocycles. The summed E-state index contributed by atoms with van der Waals surface area (Å²) in [5.41, 5.74) is 14.5. The van der Waals surface area contributed by atoms with Crippen LogP contribution in [0.2, 0.25) is 0 Å². The van der Waals surface area contributed by atoms with Crippen LogP contribution in [0.5, 0.6) is 0 Å². The molecule has 0 aliphatic rings. The fourth-order valence-corrected chi connectivity index (χ4v) is 5.34. The molecule has 0 bridgehead atoms. The molecule has 1 unspecified atom stereocenters. The minimum absolute atomic E-state index is 0.0954. The summed E-state index contributed by atoms with van der Waals surface area (Å²) >= 11 is 6.86. The number of carbonyl (C=O) groups excluding carboxylic acids is 2. The molecule has 0 heterocycles. The van der Waals surface area contributed by atoms with Crippen LogP contribution in [0.3, 0.4) is 0 Å². The molecule has 0 aromatic heterocycles. The number of anilines is 1. The van der Waals surface area contributed by atoms with Gasteiger partial charge in [0.25, 0.3) is 0 Å². The van der Waals surface area contributed by atoms with E-state index < -0.39 is 12.0 Å². The number of carbonyl (C=O) groups is 2. The largest absolute Gasteiger partial charge is 0.397 e. The average molecular weight is 644 g/mol. The molecule has 3 aromatic carbocycles. The van der Waals surface area contributed by atoms with Gasteiger partial charge in [-0.25, -0.2) is 0 Å². The smallest absolute Gasteiger partial charge is 0.242 e. The minimum atomic E-state index is -0.740. The van der Waals surface area contributed by atoms with Crippen molar-refractivity contribution in [3.63, 3.8) is 0 Å². The highest BCUT2D eigenvalue weighted by molar-refractivity contribution is 9.11. The van der Waals surface area contributed by atoms with Crippen molar-refractivity contribution >= 4 is 55.3 Å². The minimum Gasteiger partial charge on any atom is -0.397 e. The first-order chi connectivity index (χ1) is 18.3. The monoisotopic (exact) mass is 642 g/mol. The Balaban J connectivity index is 1.76. The number of amides is 2. The maximum atomic E-state index is 13.7. The van der Waals surface area contributed by atoms with E-state index in [4.69, 9.17) is 16.9 Å². The van der Waals surface area contributed by atoms with Crippen molar-refractivity contribution in [2.45, 2.75) is 37.8 Å². The van der Waals surface area contributed by atoms with Crippen LogP contribution in [0.1, 0.15) is 41.9 Å². The van der Waals surface area contributed by atoms with Gasteiger partial charge in [-0.2, -0.15) is 0 Å². The Morgan fingerprint density at radius 3 is 1.92 bits per heavy atom. The molecule has 3 rings (SSSR count). The third kappa shape index (κ3) is 8.59. The molecular weight excluding hydrogens is 612 g/mol. The Kier molecular flexibility index (Phi) is 11.2. The number of nitrogens with two attached hydrogens (primary N) is 2. The number of hydrogen-bond donors (Lipinski definition) is 6. The van der Waals surface area contributed by atoms with Gasteiger partial charge in [0.05, 0.1) is 11.6 Å². The molecule has 8 nitrogen and oxygen atoms in total. The van der Waals surface area contributed by atoms with E-state index in [1.807, 2.05) is 72.8 Å². The van der Waals surface area contributed by atoms with Gasteiger partial charge in [-0.1, -0.05) is 60.7 Å². The van der Waals surface area contributed by atoms with E-state index in [1.54, 1.807) is 0 Å². The summed E-state index contributed by atoms with van der Waals surface area (Å²) in [6.45, 7) is 0.789. The van der Waals surface area contributed by atoms with Crippen LogP contribution in [-0.4, -0.2) is 30.4 Å². The van der Waals surface area contributed by atoms with Crippen LogP contribution in [0, 0.1) is 5.41 Å². The first-order valence-electron chi connectivity index (χ1n) is 12.3. The summed E-state index contributed by atoms with van der Waals surface area (Å²) < 4.78 is 1.46. The van der Waals surface area contributed by atoms with Crippen molar-refractivity contribution in [2.75, 3.05) is 12.3 Å². The van der Waals surface area contributed by atoms with Gasteiger partial charge in [-0.15, -0.1) is 0 Å². The molecule has 8 N–H and O–H groups in total. The van der Waals surface area contributed by atoms with E-state index in [9.17, 15) is 9.59 Å². The van der Waals surface area contributed by atoms with Crippen molar-refractivity contribution in [1.29, 1.82) is 5.41 Å². The SMILES string of the molecule is N=C(N)NCCCCC(NC(=O)C(c1ccccc1)c1ccccc1)C(=O)NCc1cc(Br)c(N)c(Br)c1. The highest BCUT2D eigenvalue weighted by Gasteiger charge is 2.27. The van der Waals surface area contributed by atoms with E-state index in [0.29, 0.717) is 31.5 Å². The number of nitrogens with one attached hydrogen (secondary N) is 4. The molecule has 0 saturated carbocycles. The lowest BCUT2D eigenvalue weighted by molar-refractivity contribution is -0.129. The number of guanidine groups is 1. The van der Waals surface area contributed by atoms with Gasteiger partial charge in [0.2, 0.25) is 11.8 Å². The lowest BCUT2D eigenvalue weighted by Gasteiger charge is -2.23. The zero-order chi connectivity index (χ0) is 27.5. The topological polar surface area (TPSA) is 146 Å². The molecular formula is C28H32Br2N6O2. The van der Waals surface area contributed by atoms with E-state index >= 15 is 0 Å². The van der Waals surface area contributed by atoms with Crippen molar-refractivity contribution in [3.05, 3.63) is 98.4 Å². The number of hydrogen-bond acceptors (Lipinski definition) is 4. The van der Waals surface area contributed by atoms with Gasteiger partial charge in [0.1, 0.15) is 6.04 Å². The first kappa shape index (κ1) is 29.2. The fraction of sp³-hybridized carbons (Fsp3) is 0.250. The predicted molar refractivity (Wildman–Crippen MR) is 159 cm³/mol. The van der Waals surface area contributed by atoms with Gasteiger partial charge in [0.15, 0.2) is 5.96 Å². The molecule has 0 aliphatic heterocycles. The van der Waals surface area contributed by atoms with Gasteiger partial charge in [0, 0.05) is 22.0 Å². The summed E-state index contributed by atoms with van der Waals surface area (Å²) in [5.74, 6) is -1.18. The van der Waals surface area contributed by atoms with Crippen LogP contribution in [0.15, 0.2) is 81.7 Å². The van der Waals surface area contributed by atoms with E-state index in [-0.39, 0.29) is 24.3 Å². The summed E-state index contributed by atoms with van der Waals surface area (Å²) in [4.78, 5) is 27.0. The molecule has 0 spiro atoms. The van der Waals surface area contributed by atoms with E-state index in [0.717, 1.165) is 25.6 Å². The van der Waals surface area contributed by atoms with E-state index in [2.05, 4.69) is 47.8 Å². The quantitative estimate of drug-likeness (QED) is 0.0751. The van der Waals surface area contributed by atoms with Crippen molar-refractivity contribution in [2.24, 2.45) is 5.73 Å². The van der Waals surface area contributed by atoms with Gasteiger partial charge < -0.3 is 27.4 Å². The molecule has 200 valence electrons. The standard InChI is InChI=1S/C28H32Br2N6O2/c29-21-15-18(16-22(30)25(21)31)17-35-26(37)23(13-7-8-14-34-28(32)33)36-27(38)24(19-9-3-1-4-10-19)20-11-5-2-6-12-20/h1-6,9-12,15-16,23-24H,7-8,13-14,17,31H2,(H,35,37)(H,36,38)(H4,32,33,34). The summed E-state index contributed by atoms with van der Waals surface area (Å²) in [7, 11) is 0. The lowest BCUT2D eigenvalue weighted by atomic mass is 9.90. The highest BCUT2D eigenvalue weighted by Crippen LogP contribution is 2.29. The van der Waals surface area contributed by atoms with Gasteiger partial charge >= 0.3 is 0 Å². The highest BCUT2D eigenvalue weighted by atomic mass is 79.9. The summed E-state index contributed by atoms with van der Waals surface area (Å²) in [6.07, 6.45) is 1.78. The zero-order valence-electron chi connectivity index (χ0n) is 20.8. The van der Waals surface area contributed by atoms with Crippen molar-refractivity contribution in [1.82, 2.24) is 16.0 Å². The third-order valence-corrected chi connectivity index (χ3v) is 7.31. The molecule has 1 atom stereocenters. The molecule has 0 aliphatic carbocycles. The van der Waals surface area contributed by atoms with Crippen LogP contribution in [0.25, 0.3) is 0 Å². The molecule has 0 fully saturated rings. The van der Waals surface area contributed by atoms with Gasteiger partial charge in [-0.3, -0.25) is 15.0 Å². The molecule has 2 amide bonds. The maximum absolute atomic E-state index is 13.7. The number of benzene rings is 3. The molecule has 0 radical (unpaired) electrons. The maximum Gasteiger partial charge on any atom is 0.242 e. The van der Waals surface area contributed by atoms with E-state index in [1.165, 1.54) is 0 Å². The van der Waals surface area contributed by atoms with Gasteiger partial charge in [-0.05, 0) is 79.9 Å². The fourth-order valence-electron chi connectivity index (χ4n) is 4.06. The Labute approximate surface area is 239 Å². The van der Waals surface area contributed by atoms with Crippen LogP contribution >= 0.6 is 31.9 Å². The van der Waals surface area contributed by atoms with Crippen molar-refractivity contribution in [3.8, 4) is 0 Å². The Morgan fingerprint density at radius 1 is 0.842 bits per heavy atom. The summed E-state index contributed by atoms with van der Waals surface area (Å²) in [6, 6.07) is 22.0. The molecule has 10 heteroatoms. The Hall–Kier alpha value is -3.37. The second-order valence-electron chi connectivity index (χ2n) is 8.84. The summed E-state index contributed by atoms with van der Waals surface area (Å²) in [5, 5.41) is 16.0. The van der Waals surface area contributed by atoms with Crippen LogP contribution in [0.4, 0.5) is 5.69 Å². The molecule has 38 heavy (non-hydrogen) atoms. The van der Waals surface area contributed by atoms with Crippen LogP contribution in [-0.2, 0) is 16.1 Å². The predicted octanol–water partition coefficient (Wildman–Crippen LogP) is 4.38. The second kappa shape index (κ2) is 14.5. The van der Waals surface area contributed by atoms with Crippen LogP contribution < -0.4 is 27.4 Å². The number of nitrogen functional groups attached to an aromatic ring is 1. The molecule has 3 aromatic rings. The zero-order valence-corrected chi connectivity index (χ0v) is 24.0.